The lowest BCUT2D eigenvalue weighted by Gasteiger charge is -2.13. The lowest BCUT2D eigenvalue weighted by Crippen LogP contribution is -2.38. The van der Waals surface area contributed by atoms with E-state index in [2.05, 4.69) is 10.6 Å². The van der Waals surface area contributed by atoms with Crippen LogP contribution in [0.25, 0.3) is 0 Å². The monoisotopic (exact) mass is 341 g/mol. The molecule has 1 unspecified atom stereocenters. The van der Waals surface area contributed by atoms with Crippen molar-refractivity contribution in [3.63, 3.8) is 0 Å². The number of halogens is 1. The zero-order chi connectivity index (χ0) is 17.8. The summed E-state index contributed by atoms with van der Waals surface area (Å²) in [5.41, 5.74) is 0.902. The Hall–Kier alpha value is -3.22. The molecular formula is C18H16FN3O3. The van der Waals surface area contributed by atoms with Crippen molar-refractivity contribution in [2.75, 3.05) is 11.9 Å². The van der Waals surface area contributed by atoms with Crippen molar-refractivity contribution in [1.82, 2.24) is 10.2 Å². The zero-order valence-electron chi connectivity index (χ0n) is 13.2. The fourth-order valence-electron chi connectivity index (χ4n) is 2.61. The van der Waals surface area contributed by atoms with Gasteiger partial charge in [-0.3, -0.25) is 14.5 Å². The van der Waals surface area contributed by atoms with Crippen molar-refractivity contribution in [3.05, 3.63) is 66.0 Å². The van der Waals surface area contributed by atoms with Gasteiger partial charge in [0.15, 0.2) is 0 Å². The minimum atomic E-state index is -0.712. The van der Waals surface area contributed by atoms with Crippen LogP contribution in [0.4, 0.5) is 14.9 Å². The maximum Gasteiger partial charge on any atom is 0.325 e. The molecule has 0 radical (unpaired) electrons. The van der Waals surface area contributed by atoms with Crippen molar-refractivity contribution >= 4 is 23.5 Å². The fourth-order valence-corrected chi connectivity index (χ4v) is 2.61. The molecule has 4 amide bonds. The number of hydrogen-bond donors (Lipinski definition) is 2. The van der Waals surface area contributed by atoms with Gasteiger partial charge in [0.25, 0.3) is 5.91 Å². The SMILES string of the molecule is O=C(CN1C(=O)NC(Cc2ccccc2)C1=O)Nc1ccccc1F. The summed E-state index contributed by atoms with van der Waals surface area (Å²) in [6, 6.07) is 13.6. The van der Waals surface area contributed by atoms with Gasteiger partial charge >= 0.3 is 6.03 Å². The van der Waals surface area contributed by atoms with Gasteiger partial charge in [0.2, 0.25) is 5.91 Å². The number of carbonyl (C=O) groups excluding carboxylic acids is 3. The number of benzene rings is 2. The van der Waals surface area contributed by atoms with E-state index < -0.39 is 36.2 Å². The van der Waals surface area contributed by atoms with Gasteiger partial charge in [-0.25, -0.2) is 9.18 Å². The van der Waals surface area contributed by atoms with Crippen LogP contribution in [0.1, 0.15) is 5.56 Å². The van der Waals surface area contributed by atoms with E-state index in [1.165, 1.54) is 18.2 Å². The van der Waals surface area contributed by atoms with E-state index in [0.717, 1.165) is 10.5 Å². The molecule has 3 rings (SSSR count). The number of nitrogens with one attached hydrogen (secondary N) is 2. The van der Waals surface area contributed by atoms with E-state index in [0.29, 0.717) is 6.42 Å². The maximum atomic E-state index is 13.5. The summed E-state index contributed by atoms with van der Waals surface area (Å²) in [5.74, 6) is -1.71. The number of urea groups is 1. The third kappa shape index (κ3) is 3.82. The van der Waals surface area contributed by atoms with Gasteiger partial charge < -0.3 is 10.6 Å². The normalized spacial score (nSPS) is 16.7. The number of imide groups is 1. The Morgan fingerprint density at radius 3 is 2.48 bits per heavy atom. The van der Waals surface area contributed by atoms with Crippen LogP contribution in [0.3, 0.4) is 0 Å². The first-order valence-corrected chi connectivity index (χ1v) is 7.75. The van der Waals surface area contributed by atoms with E-state index in [1.54, 1.807) is 6.07 Å². The first kappa shape index (κ1) is 16.6. The summed E-state index contributed by atoms with van der Waals surface area (Å²) in [5, 5.41) is 4.92. The van der Waals surface area contributed by atoms with Crippen LogP contribution in [0.2, 0.25) is 0 Å². The van der Waals surface area contributed by atoms with Crippen LogP contribution in [0, 0.1) is 5.82 Å². The zero-order valence-corrected chi connectivity index (χ0v) is 13.2. The Morgan fingerprint density at radius 1 is 1.08 bits per heavy atom. The molecule has 1 heterocycles. The predicted octanol–water partition coefficient (Wildman–Crippen LogP) is 1.93. The van der Waals surface area contributed by atoms with Crippen LogP contribution in [-0.4, -0.2) is 35.3 Å². The van der Waals surface area contributed by atoms with Gasteiger partial charge in [0.05, 0.1) is 5.69 Å². The van der Waals surface area contributed by atoms with Crippen molar-refractivity contribution in [2.45, 2.75) is 12.5 Å². The lowest BCUT2D eigenvalue weighted by molar-refractivity contribution is -0.130. The largest absolute Gasteiger partial charge is 0.325 e. The molecule has 0 bridgehead atoms. The number of anilines is 1. The molecular weight excluding hydrogens is 325 g/mol. The van der Waals surface area contributed by atoms with Crippen LogP contribution < -0.4 is 10.6 Å². The molecule has 1 atom stereocenters. The topological polar surface area (TPSA) is 78.5 Å². The van der Waals surface area contributed by atoms with Gasteiger partial charge in [-0.05, 0) is 17.7 Å². The number of rotatable bonds is 5. The minimum absolute atomic E-state index is 0.000361. The van der Waals surface area contributed by atoms with E-state index in [1.807, 2.05) is 30.3 Å². The third-order valence-electron chi connectivity index (χ3n) is 3.84. The second-order valence-electron chi connectivity index (χ2n) is 5.64. The van der Waals surface area contributed by atoms with Crippen LogP contribution in [-0.2, 0) is 16.0 Å². The summed E-state index contributed by atoms with van der Waals surface area (Å²) in [7, 11) is 0. The molecule has 0 aliphatic carbocycles. The average Bonchev–Trinajstić information content (AvgIpc) is 2.85. The van der Waals surface area contributed by atoms with E-state index in [-0.39, 0.29) is 5.69 Å². The number of hydrogen-bond acceptors (Lipinski definition) is 3. The molecule has 1 fully saturated rings. The highest BCUT2D eigenvalue weighted by molar-refractivity contribution is 6.08. The Bertz CT molecular complexity index is 810. The molecule has 0 aromatic heterocycles. The summed E-state index contributed by atoms with van der Waals surface area (Å²) >= 11 is 0. The average molecular weight is 341 g/mol. The van der Waals surface area contributed by atoms with Crippen molar-refractivity contribution in [1.29, 1.82) is 0 Å². The third-order valence-corrected chi connectivity index (χ3v) is 3.84. The molecule has 2 aromatic carbocycles. The van der Waals surface area contributed by atoms with Crippen LogP contribution in [0.5, 0.6) is 0 Å². The van der Waals surface area contributed by atoms with E-state index >= 15 is 0 Å². The van der Waals surface area contributed by atoms with Gasteiger partial charge in [0.1, 0.15) is 18.4 Å². The highest BCUT2D eigenvalue weighted by atomic mass is 19.1. The Morgan fingerprint density at radius 2 is 1.76 bits per heavy atom. The highest BCUT2D eigenvalue weighted by Crippen LogP contribution is 2.14. The standard InChI is InChI=1S/C18H16FN3O3/c19-13-8-4-5-9-14(13)20-16(23)11-22-17(24)15(21-18(22)25)10-12-6-2-1-3-7-12/h1-9,15H,10-11H2,(H,20,23)(H,21,25). The van der Waals surface area contributed by atoms with Crippen LogP contribution in [0.15, 0.2) is 54.6 Å². The molecule has 2 aromatic rings. The highest BCUT2D eigenvalue weighted by Gasteiger charge is 2.38. The first-order valence-electron chi connectivity index (χ1n) is 7.75. The molecule has 2 N–H and O–H groups in total. The lowest BCUT2D eigenvalue weighted by atomic mass is 10.1. The molecule has 7 heteroatoms. The molecule has 0 saturated carbocycles. The summed E-state index contributed by atoms with van der Waals surface area (Å²) in [6.07, 6.45) is 0.344. The second kappa shape index (κ2) is 7.12. The molecule has 1 saturated heterocycles. The van der Waals surface area contributed by atoms with Crippen molar-refractivity contribution < 1.29 is 18.8 Å². The Balaban J connectivity index is 1.62. The predicted molar refractivity (Wildman–Crippen MR) is 89.2 cm³/mol. The van der Waals surface area contributed by atoms with Crippen LogP contribution >= 0.6 is 0 Å². The second-order valence-corrected chi connectivity index (χ2v) is 5.64. The van der Waals surface area contributed by atoms with Crippen molar-refractivity contribution in [2.24, 2.45) is 0 Å². The molecule has 25 heavy (non-hydrogen) atoms. The van der Waals surface area contributed by atoms with Gasteiger partial charge in [-0.15, -0.1) is 0 Å². The number of amides is 4. The fraction of sp³-hybridized carbons (Fsp3) is 0.167. The number of para-hydroxylation sites is 1. The molecule has 128 valence electrons. The first-order chi connectivity index (χ1) is 12.0. The molecule has 0 spiro atoms. The molecule has 1 aliphatic heterocycles. The summed E-state index contributed by atoms with van der Waals surface area (Å²) in [6.45, 7) is -0.468. The Kier molecular flexibility index (Phi) is 4.74. The van der Waals surface area contributed by atoms with E-state index in [9.17, 15) is 18.8 Å². The molecule has 6 nitrogen and oxygen atoms in total. The molecule has 1 aliphatic rings. The summed E-state index contributed by atoms with van der Waals surface area (Å²) in [4.78, 5) is 37.2. The maximum absolute atomic E-state index is 13.5. The Labute approximate surface area is 143 Å². The smallest absolute Gasteiger partial charge is 0.325 e. The van der Waals surface area contributed by atoms with Gasteiger partial charge in [0, 0.05) is 6.42 Å². The number of nitrogens with zero attached hydrogens (tertiary/aromatic N) is 1. The van der Waals surface area contributed by atoms with Crippen molar-refractivity contribution in [3.8, 4) is 0 Å². The van der Waals surface area contributed by atoms with Gasteiger partial charge in [-0.1, -0.05) is 42.5 Å². The summed E-state index contributed by atoms with van der Waals surface area (Å²) < 4.78 is 13.5. The minimum Gasteiger partial charge on any atom is -0.325 e. The quantitative estimate of drug-likeness (QED) is 0.816. The van der Waals surface area contributed by atoms with E-state index in [4.69, 9.17) is 0 Å². The number of carbonyl (C=O) groups is 3. The van der Waals surface area contributed by atoms with Gasteiger partial charge in [-0.2, -0.15) is 0 Å².